The molecule has 4 rings (SSSR count). The van der Waals surface area contributed by atoms with Crippen molar-refractivity contribution in [1.82, 2.24) is 14.5 Å². The highest BCUT2D eigenvalue weighted by Crippen LogP contribution is 2.30. The van der Waals surface area contributed by atoms with Crippen molar-refractivity contribution in [3.05, 3.63) is 64.9 Å². The van der Waals surface area contributed by atoms with Crippen LogP contribution >= 0.6 is 0 Å². The van der Waals surface area contributed by atoms with Crippen LogP contribution in [0.4, 0.5) is 0 Å². The van der Waals surface area contributed by atoms with Crippen LogP contribution in [0.1, 0.15) is 43.7 Å². The summed E-state index contributed by atoms with van der Waals surface area (Å²) in [6.45, 7) is 1.08. The first-order valence-electron chi connectivity index (χ1n) is 9.52. The number of benzene rings is 1. The molecule has 1 amide bonds. The molecule has 1 aromatic carbocycles. The molecule has 0 N–H and O–H groups in total. The van der Waals surface area contributed by atoms with Gasteiger partial charge in [-0.2, -0.15) is 0 Å². The third-order valence-corrected chi connectivity index (χ3v) is 5.29. The van der Waals surface area contributed by atoms with Gasteiger partial charge in [-0.15, -0.1) is 0 Å². The number of carbonyl (C=O) groups is 1. The van der Waals surface area contributed by atoms with E-state index in [1.807, 2.05) is 35.2 Å². The second-order valence-electron chi connectivity index (χ2n) is 6.97. The Morgan fingerprint density at radius 2 is 1.93 bits per heavy atom. The Labute approximate surface area is 157 Å². The molecule has 140 valence electrons. The summed E-state index contributed by atoms with van der Waals surface area (Å²) in [4.78, 5) is 31.2. The number of aryl methyl sites for hydroxylation is 1. The maximum Gasteiger partial charge on any atom is 0.419 e. The van der Waals surface area contributed by atoms with Gasteiger partial charge in [-0.1, -0.05) is 25.0 Å². The summed E-state index contributed by atoms with van der Waals surface area (Å²) in [5.41, 5.74) is 2.42. The molecular formula is C21H23N3O3. The summed E-state index contributed by atoms with van der Waals surface area (Å²) < 4.78 is 6.81. The summed E-state index contributed by atoms with van der Waals surface area (Å²) in [6, 6.07) is 11.4. The molecule has 2 aromatic heterocycles. The highest BCUT2D eigenvalue weighted by atomic mass is 16.4. The zero-order valence-corrected chi connectivity index (χ0v) is 15.2. The van der Waals surface area contributed by atoms with Crippen molar-refractivity contribution >= 4 is 17.0 Å². The Morgan fingerprint density at radius 3 is 2.78 bits per heavy atom. The number of para-hydroxylation sites is 2. The molecule has 1 unspecified atom stereocenters. The Balaban J connectivity index is 1.53. The van der Waals surface area contributed by atoms with E-state index < -0.39 is 5.76 Å². The van der Waals surface area contributed by atoms with Gasteiger partial charge in [0.1, 0.15) is 0 Å². The van der Waals surface area contributed by atoms with E-state index >= 15 is 0 Å². The zero-order valence-electron chi connectivity index (χ0n) is 15.2. The van der Waals surface area contributed by atoms with E-state index in [0.29, 0.717) is 12.1 Å². The molecule has 1 aliphatic heterocycles. The van der Waals surface area contributed by atoms with Crippen molar-refractivity contribution in [3.8, 4) is 0 Å². The van der Waals surface area contributed by atoms with Gasteiger partial charge in [0.05, 0.1) is 11.6 Å². The topological polar surface area (TPSA) is 68.3 Å². The standard InChI is InChI=1S/C21H23N3O3/c25-20(11-15-24-18-7-3-4-8-19(18)27-21(24)26)23-14-5-1-2-6-17(23)16-9-12-22-13-10-16/h3-4,7-10,12-13,17H,1-2,5-6,11,14-15H2. The van der Waals surface area contributed by atoms with E-state index in [9.17, 15) is 9.59 Å². The van der Waals surface area contributed by atoms with Gasteiger partial charge in [-0.05, 0) is 42.7 Å². The number of fused-ring (bicyclic) bond motifs is 1. The summed E-state index contributed by atoms with van der Waals surface area (Å²) in [6.07, 6.45) is 8.07. The highest BCUT2D eigenvalue weighted by Gasteiger charge is 2.26. The van der Waals surface area contributed by atoms with Gasteiger partial charge in [0, 0.05) is 31.9 Å². The van der Waals surface area contributed by atoms with Crippen molar-refractivity contribution in [2.75, 3.05) is 6.54 Å². The third kappa shape index (κ3) is 3.65. The molecule has 1 fully saturated rings. The second-order valence-corrected chi connectivity index (χ2v) is 6.97. The smallest absolute Gasteiger partial charge is 0.408 e. The van der Waals surface area contributed by atoms with Crippen LogP contribution in [0.3, 0.4) is 0 Å². The minimum absolute atomic E-state index is 0.0795. The van der Waals surface area contributed by atoms with E-state index in [0.717, 1.165) is 43.3 Å². The normalized spacial score (nSPS) is 17.8. The van der Waals surface area contributed by atoms with Gasteiger partial charge in [-0.25, -0.2) is 4.79 Å². The van der Waals surface area contributed by atoms with Crippen LogP contribution in [0.15, 0.2) is 58.0 Å². The molecule has 3 aromatic rings. The first kappa shape index (κ1) is 17.5. The van der Waals surface area contributed by atoms with E-state index in [1.54, 1.807) is 23.0 Å². The number of amides is 1. The predicted molar refractivity (Wildman–Crippen MR) is 102 cm³/mol. The molecule has 0 spiro atoms. The fourth-order valence-corrected chi connectivity index (χ4v) is 3.92. The predicted octanol–water partition coefficient (Wildman–Crippen LogP) is 3.52. The van der Waals surface area contributed by atoms with E-state index in [4.69, 9.17) is 4.42 Å². The van der Waals surface area contributed by atoms with Gasteiger partial charge < -0.3 is 9.32 Å². The number of nitrogens with zero attached hydrogens (tertiary/aromatic N) is 3. The fourth-order valence-electron chi connectivity index (χ4n) is 3.92. The monoisotopic (exact) mass is 365 g/mol. The third-order valence-electron chi connectivity index (χ3n) is 5.29. The van der Waals surface area contributed by atoms with E-state index in [2.05, 4.69) is 4.98 Å². The lowest BCUT2D eigenvalue weighted by molar-refractivity contribution is -0.133. The molecule has 1 aliphatic rings. The second kappa shape index (κ2) is 7.78. The quantitative estimate of drug-likeness (QED) is 0.709. The zero-order chi connectivity index (χ0) is 18.6. The molecule has 6 heteroatoms. The average molecular weight is 365 g/mol. The lowest BCUT2D eigenvalue weighted by Crippen LogP contribution is -2.35. The first-order valence-corrected chi connectivity index (χ1v) is 9.52. The number of pyridine rings is 1. The fraction of sp³-hybridized carbons (Fsp3) is 0.381. The van der Waals surface area contributed by atoms with Crippen molar-refractivity contribution < 1.29 is 9.21 Å². The lowest BCUT2D eigenvalue weighted by atomic mass is 10.0. The number of carbonyl (C=O) groups excluding carboxylic acids is 1. The summed E-state index contributed by atoms with van der Waals surface area (Å²) >= 11 is 0. The number of oxazole rings is 1. The largest absolute Gasteiger partial charge is 0.419 e. The molecule has 6 nitrogen and oxygen atoms in total. The summed E-state index contributed by atoms with van der Waals surface area (Å²) in [7, 11) is 0. The molecule has 1 atom stereocenters. The first-order chi connectivity index (χ1) is 13.2. The van der Waals surface area contributed by atoms with E-state index in [-0.39, 0.29) is 18.4 Å². The van der Waals surface area contributed by atoms with Crippen LogP contribution in [0.25, 0.3) is 11.1 Å². The Kier molecular flexibility index (Phi) is 5.05. The molecule has 0 saturated carbocycles. The van der Waals surface area contributed by atoms with Crippen molar-refractivity contribution in [1.29, 1.82) is 0 Å². The minimum Gasteiger partial charge on any atom is -0.408 e. The molecular weight excluding hydrogens is 342 g/mol. The van der Waals surface area contributed by atoms with Crippen LogP contribution in [0.2, 0.25) is 0 Å². The molecule has 27 heavy (non-hydrogen) atoms. The Morgan fingerprint density at radius 1 is 1.11 bits per heavy atom. The molecule has 3 heterocycles. The SMILES string of the molecule is O=C(CCn1c(=O)oc2ccccc21)N1CCCCCC1c1ccncc1. The van der Waals surface area contributed by atoms with Crippen molar-refractivity contribution in [3.63, 3.8) is 0 Å². The number of rotatable bonds is 4. The van der Waals surface area contributed by atoms with Gasteiger partial charge in [0.2, 0.25) is 5.91 Å². The van der Waals surface area contributed by atoms with Crippen LogP contribution in [0.5, 0.6) is 0 Å². The lowest BCUT2D eigenvalue weighted by Gasteiger charge is -2.30. The number of likely N-dealkylation sites (tertiary alicyclic amines) is 1. The maximum atomic E-state index is 13.0. The van der Waals surface area contributed by atoms with Gasteiger partial charge in [0.15, 0.2) is 5.58 Å². The van der Waals surface area contributed by atoms with Crippen molar-refractivity contribution in [2.45, 2.75) is 44.7 Å². The van der Waals surface area contributed by atoms with Crippen LogP contribution in [0, 0.1) is 0 Å². The molecule has 0 bridgehead atoms. The van der Waals surface area contributed by atoms with Crippen molar-refractivity contribution in [2.24, 2.45) is 0 Å². The molecule has 0 aliphatic carbocycles. The van der Waals surface area contributed by atoms with Gasteiger partial charge >= 0.3 is 5.76 Å². The number of hydrogen-bond donors (Lipinski definition) is 0. The molecule has 1 saturated heterocycles. The van der Waals surface area contributed by atoms with Crippen LogP contribution < -0.4 is 5.76 Å². The van der Waals surface area contributed by atoms with Crippen LogP contribution in [-0.4, -0.2) is 26.9 Å². The maximum absolute atomic E-state index is 13.0. The van der Waals surface area contributed by atoms with Crippen LogP contribution in [-0.2, 0) is 11.3 Å². The van der Waals surface area contributed by atoms with E-state index in [1.165, 1.54) is 0 Å². The highest BCUT2D eigenvalue weighted by molar-refractivity contribution is 5.77. The minimum atomic E-state index is -0.412. The summed E-state index contributed by atoms with van der Waals surface area (Å²) in [5.74, 6) is -0.332. The molecule has 0 radical (unpaired) electrons. The van der Waals surface area contributed by atoms with Gasteiger partial charge in [0.25, 0.3) is 0 Å². The number of aromatic nitrogens is 2. The van der Waals surface area contributed by atoms with Gasteiger partial charge in [-0.3, -0.25) is 14.3 Å². The number of hydrogen-bond acceptors (Lipinski definition) is 4. The Hall–Kier alpha value is -2.89. The summed E-state index contributed by atoms with van der Waals surface area (Å²) in [5, 5.41) is 0. The average Bonchev–Trinajstić information content (AvgIpc) is 2.86. The Bertz CT molecular complexity index is 977.